The van der Waals surface area contributed by atoms with Crippen LogP contribution in [-0.2, 0) is 0 Å². The zero-order valence-corrected chi connectivity index (χ0v) is 54.6. The number of rotatable bonds is 36. The third-order valence-corrected chi connectivity index (χ3v) is 16.2. The summed E-state index contributed by atoms with van der Waals surface area (Å²) in [6.07, 6.45) is 38.7. The summed E-state index contributed by atoms with van der Waals surface area (Å²) in [5, 5.41) is 0. The zero-order valence-electron chi connectivity index (χ0n) is 54.6. The number of aromatic nitrogens is 4. The van der Waals surface area contributed by atoms with Crippen molar-refractivity contribution < 1.29 is 56.8 Å². The number of benzene rings is 6. The number of ether oxygens (including phenoxy) is 6. The van der Waals surface area contributed by atoms with Gasteiger partial charge < -0.3 is 28.4 Å². The molecule has 0 saturated carbocycles. The number of esters is 4. The van der Waals surface area contributed by atoms with Crippen molar-refractivity contribution in [3.63, 3.8) is 0 Å². The van der Waals surface area contributed by atoms with Crippen LogP contribution in [0.3, 0.4) is 0 Å². The fourth-order valence-electron chi connectivity index (χ4n) is 10.8. The molecule has 0 bridgehead atoms. The quantitative estimate of drug-likeness (QED) is 0.0122. The van der Waals surface area contributed by atoms with Crippen molar-refractivity contribution in [1.29, 1.82) is 0 Å². The standard InChI is InChI=1S/C78H86B2N4O10/c1-3-5-7-9-11-13-15-17-19-21-23-25-55-89-69-47-35-65(36-48-69)75(85)93-73-51-39-67(40-52-73)77(87)91-71-43-31-61(32-44-71)27-29-63-57-81-79-83-59-64(60-84(83)80-82(81)58-63)30-28-62-33-45-72(46-34-62)92-78(88)68-41-53-74(54-42-68)94-76(86)66-37-49-70(50-38-66)90-56-26-24-22-20-18-16-14-12-10-8-6-4-2/h31-54,57-60H,3-26,55-56H2,1-2H3/q+2. The van der Waals surface area contributed by atoms with E-state index in [2.05, 4.69) is 37.5 Å². The van der Waals surface area contributed by atoms with Gasteiger partial charge in [0.15, 0.2) is 12.4 Å². The van der Waals surface area contributed by atoms with Gasteiger partial charge in [-0.3, -0.25) is 0 Å². The molecule has 2 aromatic heterocycles. The van der Waals surface area contributed by atoms with Crippen LogP contribution < -0.4 is 37.6 Å². The van der Waals surface area contributed by atoms with Crippen molar-refractivity contribution in [2.45, 2.75) is 168 Å². The Hall–Kier alpha value is -9.53. The molecule has 0 fully saturated rings. The number of nitrogens with zero attached hydrogens (tertiary/aromatic N) is 4. The number of hydrogen-bond donors (Lipinski definition) is 0. The van der Waals surface area contributed by atoms with Crippen molar-refractivity contribution in [3.05, 3.63) is 215 Å². The Morgan fingerprint density at radius 3 is 0.851 bits per heavy atom. The second kappa shape index (κ2) is 37.8. The highest BCUT2D eigenvalue weighted by Gasteiger charge is 2.40. The molecule has 1 aliphatic heterocycles. The fraction of sp³-hybridized carbons (Fsp3) is 0.359. The summed E-state index contributed by atoms with van der Waals surface area (Å²) in [6, 6.07) is 40.2. The van der Waals surface area contributed by atoms with Gasteiger partial charge in [-0.1, -0.05) is 179 Å². The van der Waals surface area contributed by atoms with Crippen LogP contribution >= 0.6 is 0 Å². The Morgan fingerprint density at radius 2 is 0.564 bits per heavy atom. The highest BCUT2D eigenvalue weighted by molar-refractivity contribution is 6.32. The van der Waals surface area contributed by atoms with E-state index < -0.39 is 23.9 Å². The van der Waals surface area contributed by atoms with Gasteiger partial charge in [0.1, 0.15) is 45.6 Å². The molecule has 482 valence electrons. The van der Waals surface area contributed by atoms with Gasteiger partial charge in [0.25, 0.3) is 0 Å². The van der Waals surface area contributed by atoms with Crippen LogP contribution in [0.2, 0.25) is 0 Å². The number of carbonyl (C=O) groups is 4. The first-order valence-electron chi connectivity index (χ1n) is 33.9. The van der Waals surface area contributed by atoms with Crippen LogP contribution in [0.1, 0.15) is 232 Å². The first-order chi connectivity index (χ1) is 46.1. The van der Waals surface area contributed by atoms with Crippen LogP contribution in [0.15, 0.2) is 170 Å². The molecule has 3 heterocycles. The molecule has 16 heteroatoms. The van der Waals surface area contributed by atoms with Gasteiger partial charge in [-0.25, -0.2) is 19.2 Å². The summed E-state index contributed by atoms with van der Waals surface area (Å²) in [5.74, 6) is 13.4. The molecule has 0 aliphatic carbocycles. The molecule has 14 nitrogen and oxygen atoms in total. The van der Waals surface area contributed by atoms with Crippen LogP contribution in [0.25, 0.3) is 0 Å². The predicted molar refractivity (Wildman–Crippen MR) is 366 cm³/mol. The van der Waals surface area contributed by atoms with E-state index in [9.17, 15) is 19.2 Å². The summed E-state index contributed by atoms with van der Waals surface area (Å²) in [6.45, 7) is 5.81. The minimum Gasteiger partial charge on any atom is -0.494 e. The molecule has 6 aromatic carbocycles. The molecule has 0 unspecified atom stereocenters. The lowest BCUT2D eigenvalue weighted by atomic mass is 10.1. The number of unbranched alkanes of at least 4 members (excludes halogenated alkanes) is 22. The average molecular weight is 1260 g/mol. The molecule has 0 N–H and O–H groups in total. The highest BCUT2D eigenvalue weighted by atomic mass is 16.5. The monoisotopic (exact) mass is 1260 g/mol. The maximum Gasteiger partial charge on any atom is 1.04 e. The first kappa shape index (κ1) is 68.8. The first-order valence-corrected chi connectivity index (χ1v) is 33.9. The Balaban J connectivity index is 0.639. The van der Waals surface area contributed by atoms with Crippen molar-refractivity contribution in [2.24, 2.45) is 0 Å². The minimum atomic E-state index is -0.554. The van der Waals surface area contributed by atoms with Crippen LogP contribution in [0.5, 0.6) is 34.5 Å². The summed E-state index contributed by atoms with van der Waals surface area (Å²) in [4.78, 5) is 51.9. The molecule has 1 aliphatic rings. The van der Waals surface area contributed by atoms with E-state index in [4.69, 9.17) is 28.4 Å². The molecule has 8 aromatic rings. The van der Waals surface area contributed by atoms with E-state index in [1.165, 1.54) is 128 Å². The van der Waals surface area contributed by atoms with Crippen LogP contribution in [-0.4, -0.2) is 61.4 Å². The van der Waals surface area contributed by atoms with Crippen molar-refractivity contribution in [3.8, 4) is 58.2 Å². The smallest absolute Gasteiger partial charge is 0.494 e. The molecule has 0 amide bonds. The zero-order chi connectivity index (χ0) is 65.4. The third kappa shape index (κ3) is 22.9. The lowest BCUT2D eigenvalue weighted by molar-refractivity contribution is -0.742. The molecule has 0 saturated heterocycles. The van der Waals surface area contributed by atoms with Crippen LogP contribution in [0.4, 0.5) is 0 Å². The van der Waals surface area contributed by atoms with Crippen LogP contribution in [0, 0.1) is 23.7 Å². The maximum absolute atomic E-state index is 13.0. The lowest BCUT2D eigenvalue weighted by Gasteiger charge is -2.08. The minimum absolute atomic E-state index is 0.300. The van der Waals surface area contributed by atoms with Gasteiger partial charge >= 0.3 is 39.0 Å². The Kier molecular flexibility index (Phi) is 27.7. The van der Waals surface area contributed by atoms with E-state index in [0.29, 0.717) is 58.5 Å². The third-order valence-electron chi connectivity index (χ3n) is 16.2. The molecule has 0 atom stereocenters. The number of hydrogen-bond acceptors (Lipinski definition) is 10. The molecular formula is C78H86B2N4O10+2. The number of carbonyl (C=O) groups excluding carboxylic acids is 4. The Bertz CT molecular complexity index is 3510. The highest BCUT2D eigenvalue weighted by Crippen LogP contribution is 2.23. The van der Waals surface area contributed by atoms with E-state index in [1.54, 1.807) is 146 Å². The molecule has 9 rings (SSSR count). The fourth-order valence-corrected chi connectivity index (χ4v) is 10.8. The normalized spacial score (nSPS) is 11.1. The molecule has 2 radical (unpaired) electrons. The van der Waals surface area contributed by atoms with Crippen molar-refractivity contribution in [1.82, 2.24) is 9.19 Å². The lowest BCUT2D eigenvalue weighted by Crippen LogP contribution is -2.72. The van der Waals surface area contributed by atoms with Gasteiger partial charge in [0, 0.05) is 11.1 Å². The maximum atomic E-state index is 13.0. The Labute approximate surface area is 556 Å². The predicted octanol–water partition coefficient (Wildman–Crippen LogP) is 15.9. The topological polar surface area (TPSA) is 141 Å². The van der Waals surface area contributed by atoms with Gasteiger partial charge in [-0.05, 0) is 158 Å². The summed E-state index contributed by atoms with van der Waals surface area (Å²) >= 11 is 0. The summed E-state index contributed by atoms with van der Waals surface area (Å²) < 4.78 is 41.8. The second-order valence-corrected chi connectivity index (χ2v) is 23.9. The van der Waals surface area contributed by atoms with E-state index in [-0.39, 0.29) is 0 Å². The number of fused-ring (bicyclic) bond motifs is 2. The Morgan fingerprint density at radius 1 is 0.319 bits per heavy atom. The molecule has 94 heavy (non-hydrogen) atoms. The second-order valence-electron chi connectivity index (χ2n) is 23.9. The van der Waals surface area contributed by atoms with Gasteiger partial charge in [0.05, 0.1) is 47.9 Å². The van der Waals surface area contributed by atoms with Gasteiger partial charge in [-0.2, -0.15) is 9.19 Å². The summed E-state index contributed by atoms with van der Waals surface area (Å²) in [5.41, 5.74) is 4.41. The summed E-state index contributed by atoms with van der Waals surface area (Å²) in [7, 11) is 3.80. The SMILES string of the molecule is CCCCCCCCCCCCCCOc1ccc(C(=O)Oc2ccc(C(=O)Oc3ccc(C#Cc4cn5[n+](c4)[B][n+]4cc(C#Cc6ccc(OC(=O)c7ccc(OC(=O)c8ccc(OCCCCCCCCCCCCCC)cc8)cc7)cc6)cn4[B]5)cc3)cc2)cc1. The average Bonchev–Trinajstić information content (AvgIpc) is 1.70. The van der Waals surface area contributed by atoms with E-state index in [1.807, 2.05) is 58.3 Å². The van der Waals surface area contributed by atoms with Crippen molar-refractivity contribution in [2.75, 3.05) is 13.2 Å². The van der Waals surface area contributed by atoms with E-state index in [0.717, 1.165) is 59.4 Å². The van der Waals surface area contributed by atoms with Gasteiger partial charge in [-0.15, -0.1) is 9.19 Å². The van der Waals surface area contributed by atoms with E-state index >= 15 is 0 Å². The molecule has 0 spiro atoms. The van der Waals surface area contributed by atoms with Crippen molar-refractivity contribution >= 4 is 39.0 Å². The largest absolute Gasteiger partial charge is 1.04 e. The van der Waals surface area contributed by atoms with Gasteiger partial charge in [0.2, 0.25) is 0 Å². The molecular weight excluding hydrogens is 1170 g/mol.